The lowest BCUT2D eigenvalue weighted by Crippen LogP contribution is -2.35. The van der Waals surface area contributed by atoms with E-state index in [1.165, 1.54) is 28.8 Å². The van der Waals surface area contributed by atoms with E-state index in [-0.39, 0.29) is 23.8 Å². The van der Waals surface area contributed by atoms with E-state index >= 15 is 0 Å². The molecule has 0 aromatic heterocycles. The predicted octanol–water partition coefficient (Wildman–Crippen LogP) is 1.35. The Balaban J connectivity index is 2.49. The maximum absolute atomic E-state index is 11.6. The van der Waals surface area contributed by atoms with Crippen molar-refractivity contribution in [1.29, 1.82) is 5.26 Å². The van der Waals surface area contributed by atoms with E-state index in [1.807, 2.05) is 6.07 Å². The molecule has 1 heterocycles. The molecule has 0 bridgehead atoms. The molecule has 86 valence electrons. The highest BCUT2D eigenvalue weighted by Gasteiger charge is 2.25. The number of carboxylic acids is 1. The molecule has 1 amide bonds. The third kappa shape index (κ3) is 2.10. The number of hydrogen-bond acceptors (Lipinski definition) is 4. The third-order valence-electron chi connectivity index (χ3n) is 2.38. The van der Waals surface area contributed by atoms with Crippen LogP contribution in [0, 0.1) is 11.3 Å². The van der Waals surface area contributed by atoms with Gasteiger partial charge in [-0.3, -0.25) is 9.69 Å². The second-order valence-corrected chi connectivity index (χ2v) is 4.43. The van der Waals surface area contributed by atoms with Gasteiger partial charge in [0.1, 0.15) is 6.54 Å². The second-order valence-electron chi connectivity index (χ2n) is 3.41. The molecule has 1 N–H and O–H groups in total. The van der Waals surface area contributed by atoms with Gasteiger partial charge in [0.05, 0.1) is 23.1 Å². The van der Waals surface area contributed by atoms with Gasteiger partial charge in [0.15, 0.2) is 0 Å². The van der Waals surface area contributed by atoms with E-state index in [1.54, 1.807) is 6.07 Å². The van der Waals surface area contributed by atoms with Crippen molar-refractivity contribution >= 4 is 29.3 Å². The fraction of sp³-hybridized carbons (Fsp3) is 0.182. The Morgan fingerprint density at radius 3 is 3.00 bits per heavy atom. The summed E-state index contributed by atoms with van der Waals surface area (Å²) in [5, 5.41) is 17.6. The molecule has 1 aromatic carbocycles. The molecule has 17 heavy (non-hydrogen) atoms. The number of carboxylic acid groups (broad SMARTS) is 1. The Morgan fingerprint density at radius 2 is 2.35 bits per heavy atom. The summed E-state index contributed by atoms with van der Waals surface area (Å²) in [6.45, 7) is -0.0601. The Kier molecular flexibility index (Phi) is 3.02. The molecular formula is C11H8N2O3S. The molecule has 0 fully saturated rings. The van der Waals surface area contributed by atoms with Gasteiger partial charge in [-0.2, -0.15) is 5.26 Å². The SMILES string of the molecule is N#CCN1C(=O)CSc2ccc(C(=O)O)cc21. The van der Waals surface area contributed by atoms with Gasteiger partial charge in [-0.05, 0) is 18.2 Å². The first kappa shape index (κ1) is 11.5. The monoisotopic (exact) mass is 248 g/mol. The fourth-order valence-electron chi connectivity index (χ4n) is 1.58. The molecule has 0 atom stereocenters. The Labute approximate surface area is 102 Å². The maximum Gasteiger partial charge on any atom is 0.335 e. The quantitative estimate of drug-likeness (QED) is 0.799. The molecule has 1 aliphatic heterocycles. The summed E-state index contributed by atoms with van der Waals surface area (Å²) in [6, 6.07) is 6.50. The van der Waals surface area contributed by atoms with Gasteiger partial charge in [0, 0.05) is 4.90 Å². The van der Waals surface area contributed by atoms with Crippen LogP contribution < -0.4 is 4.90 Å². The van der Waals surface area contributed by atoms with E-state index in [0.29, 0.717) is 5.69 Å². The number of rotatable bonds is 2. The van der Waals surface area contributed by atoms with Crippen molar-refractivity contribution in [2.24, 2.45) is 0 Å². The second kappa shape index (κ2) is 4.47. The molecule has 0 spiro atoms. The summed E-state index contributed by atoms with van der Waals surface area (Å²) >= 11 is 1.35. The highest BCUT2D eigenvalue weighted by molar-refractivity contribution is 8.00. The zero-order valence-corrected chi connectivity index (χ0v) is 9.53. The van der Waals surface area contributed by atoms with Crippen LogP contribution in [0.2, 0.25) is 0 Å². The summed E-state index contributed by atoms with van der Waals surface area (Å²) in [4.78, 5) is 24.6. The Hall–Kier alpha value is -2.00. The van der Waals surface area contributed by atoms with Crippen molar-refractivity contribution in [3.63, 3.8) is 0 Å². The first-order valence-electron chi connectivity index (χ1n) is 4.81. The first-order chi connectivity index (χ1) is 8.13. The normalized spacial score (nSPS) is 14.1. The van der Waals surface area contributed by atoms with Crippen molar-refractivity contribution < 1.29 is 14.7 Å². The van der Waals surface area contributed by atoms with Crippen LogP contribution in [-0.4, -0.2) is 29.3 Å². The molecule has 0 aliphatic carbocycles. The number of hydrogen-bond donors (Lipinski definition) is 1. The van der Waals surface area contributed by atoms with Gasteiger partial charge in [-0.1, -0.05) is 0 Å². The molecule has 0 saturated carbocycles. The van der Waals surface area contributed by atoms with Gasteiger partial charge >= 0.3 is 5.97 Å². The van der Waals surface area contributed by atoms with Crippen LogP contribution in [-0.2, 0) is 4.79 Å². The summed E-state index contributed by atoms with van der Waals surface area (Å²) < 4.78 is 0. The Morgan fingerprint density at radius 1 is 1.59 bits per heavy atom. The number of carbonyl (C=O) groups excluding carboxylic acids is 1. The average molecular weight is 248 g/mol. The van der Waals surface area contributed by atoms with E-state index < -0.39 is 5.97 Å². The molecule has 2 rings (SSSR count). The fourth-order valence-corrected chi connectivity index (χ4v) is 2.50. The third-order valence-corrected chi connectivity index (χ3v) is 3.43. The van der Waals surface area contributed by atoms with Crippen molar-refractivity contribution in [3.8, 4) is 6.07 Å². The number of thioether (sulfide) groups is 1. The number of aromatic carboxylic acids is 1. The zero-order valence-electron chi connectivity index (χ0n) is 8.71. The van der Waals surface area contributed by atoms with Crippen LogP contribution in [0.5, 0.6) is 0 Å². The smallest absolute Gasteiger partial charge is 0.335 e. The largest absolute Gasteiger partial charge is 0.478 e. The lowest BCUT2D eigenvalue weighted by molar-refractivity contribution is -0.116. The number of nitriles is 1. The standard InChI is InChI=1S/C11H8N2O3S/c12-3-4-13-8-5-7(11(15)16)1-2-9(8)17-6-10(13)14/h1-2,5H,4,6H2,(H,15,16). The highest BCUT2D eigenvalue weighted by atomic mass is 32.2. The van der Waals surface area contributed by atoms with Gasteiger partial charge < -0.3 is 5.11 Å². The molecule has 6 heteroatoms. The molecule has 0 radical (unpaired) electrons. The number of nitrogens with zero attached hydrogens (tertiary/aromatic N) is 2. The summed E-state index contributed by atoms with van der Waals surface area (Å²) in [6.07, 6.45) is 0. The molecule has 1 aliphatic rings. The lowest BCUT2D eigenvalue weighted by atomic mass is 10.2. The molecular weight excluding hydrogens is 240 g/mol. The summed E-state index contributed by atoms with van der Waals surface area (Å²) in [7, 11) is 0. The zero-order chi connectivity index (χ0) is 12.4. The molecule has 0 unspecified atom stereocenters. The minimum atomic E-state index is -1.05. The van der Waals surface area contributed by atoms with Crippen molar-refractivity contribution in [1.82, 2.24) is 0 Å². The average Bonchev–Trinajstić information content (AvgIpc) is 2.32. The van der Waals surface area contributed by atoms with Crippen LogP contribution in [0.15, 0.2) is 23.1 Å². The number of carbonyl (C=O) groups is 2. The molecule has 0 saturated heterocycles. The van der Waals surface area contributed by atoms with Gasteiger partial charge in [0.2, 0.25) is 5.91 Å². The highest BCUT2D eigenvalue weighted by Crippen LogP contribution is 2.35. The van der Waals surface area contributed by atoms with Crippen molar-refractivity contribution in [2.45, 2.75) is 4.90 Å². The minimum absolute atomic E-state index is 0.0601. The first-order valence-corrected chi connectivity index (χ1v) is 5.79. The molecule has 5 nitrogen and oxygen atoms in total. The van der Waals surface area contributed by atoms with E-state index in [4.69, 9.17) is 10.4 Å². The van der Waals surface area contributed by atoms with Crippen LogP contribution in [0.1, 0.15) is 10.4 Å². The lowest BCUT2D eigenvalue weighted by Gasteiger charge is -2.26. The minimum Gasteiger partial charge on any atom is -0.478 e. The van der Waals surface area contributed by atoms with Gasteiger partial charge in [-0.25, -0.2) is 4.79 Å². The van der Waals surface area contributed by atoms with Crippen LogP contribution in [0.3, 0.4) is 0 Å². The van der Waals surface area contributed by atoms with Crippen LogP contribution in [0.4, 0.5) is 5.69 Å². The number of fused-ring (bicyclic) bond motifs is 1. The predicted molar refractivity (Wildman–Crippen MR) is 62.1 cm³/mol. The topological polar surface area (TPSA) is 81.4 Å². The van der Waals surface area contributed by atoms with Crippen molar-refractivity contribution in [2.75, 3.05) is 17.2 Å². The van der Waals surface area contributed by atoms with E-state index in [2.05, 4.69) is 0 Å². The van der Waals surface area contributed by atoms with Crippen LogP contribution >= 0.6 is 11.8 Å². The number of benzene rings is 1. The summed E-state index contributed by atoms with van der Waals surface area (Å²) in [5.74, 6) is -0.944. The molecule has 1 aromatic rings. The van der Waals surface area contributed by atoms with Crippen LogP contribution in [0.25, 0.3) is 0 Å². The van der Waals surface area contributed by atoms with Gasteiger partial charge in [-0.15, -0.1) is 11.8 Å². The number of amides is 1. The van der Waals surface area contributed by atoms with E-state index in [0.717, 1.165) is 4.90 Å². The Bertz CT molecular complexity index is 536. The van der Waals surface area contributed by atoms with Gasteiger partial charge in [0.25, 0.3) is 0 Å². The van der Waals surface area contributed by atoms with E-state index in [9.17, 15) is 9.59 Å². The maximum atomic E-state index is 11.6. The van der Waals surface area contributed by atoms with Crippen molar-refractivity contribution in [3.05, 3.63) is 23.8 Å². The number of anilines is 1. The summed E-state index contributed by atoms with van der Waals surface area (Å²) in [5.41, 5.74) is 0.620.